The summed E-state index contributed by atoms with van der Waals surface area (Å²) < 4.78 is 26.2. The second kappa shape index (κ2) is 9.27. The second-order valence-corrected chi connectivity index (χ2v) is 8.36. The van der Waals surface area contributed by atoms with Gasteiger partial charge in [-0.05, 0) is 36.6 Å². The summed E-state index contributed by atoms with van der Waals surface area (Å²) in [4.78, 5) is 15.1. The number of aromatic nitrogens is 2. The number of rotatable bonds is 5. The summed E-state index contributed by atoms with van der Waals surface area (Å²) in [5, 5.41) is 22.6. The number of alkyl halides is 2. The van der Waals surface area contributed by atoms with Crippen molar-refractivity contribution in [3.63, 3.8) is 0 Å². The molecule has 2 aliphatic rings. The van der Waals surface area contributed by atoms with Crippen molar-refractivity contribution in [2.45, 2.75) is 39.0 Å². The molecule has 1 aromatic carbocycles. The lowest BCUT2D eigenvalue weighted by Gasteiger charge is -2.36. The minimum absolute atomic E-state index is 0.0256. The molecule has 0 saturated carbocycles. The number of benzene rings is 1. The Balaban J connectivity index is 1.66. The number of nitrogens with zero attached hydrogens (tertiary/aromatic N) is 4. The molecule has 2 aliphatic heterocycles. The maximum absolute atomic E-state index is 13.1. The van der Waals surface area contributed by atoms with Crippen LogP contribution in [0.2, 0.25) is 0 Å². The van der Waals surface area contributed by atoms with Crippen LogP contribution in [0.3, 0.4) is 0 Å². The molecule has 7 nitrogen and oxygen atoms in total. The van der Waals surface area contributed by atoms with E-state index in [9.17, 15) is 18.7 Å². The predicted octanol–water partition coefficient (Wildman–Crippen LogP) is 3.92. The van der Waals surface area contributed by atoms with Crippen LogP contribution in [-0.4, -0.2) is 52.5 Å². The van der Waals surface area contributed by atoms with Crippen LogP contribution < -0.4 is 10.2 Å². The number of aliphatic hydroxyl groups excluding tert-OH is 1. The Labute approximate surface area is 191 Å². The SMILES string of the molecule is CC(=O)N1CC=C(C2=Cc3c(cnnc3N[C@H](C)c3cccc(C(F)F)c3)N(C)C2O)CC1. The van der Waals surface area contributed by atoms with Crippen molar-refractivity contribution >= 4 is 23.5 Å². The summed E-state index contributed by atoms with van der Waals surface area (Å²) in [6.45, 7) is 4.52. The molecule has 0 fully saturated rings. The van der Waals surface area contributed by atoms with E-state index in [0.717, 1.165) is 16.7 Å². The van der Waals surface area contributed by atoms with Gasteiger partial charge in [0.25, 0.3) is 6.43 Å². The number of fused-ring (bicyclic) bond motifs is 1. The van der Waals surface area contributed by atoms with Crippen molar-refractivity contribution < 1.29 is 18.7 Å². The van der Waals surface area contributed by atoms with E-state index >= 15 is 0 Å². The average molecular weight is 456 g/mol. The fourth-order valence-electron chi connectivity index (χ4n) is 4.21. The van der Waals surface area contributed by atoms with Gasteiger partial charge in [-0.1, -0.05) is 24.3 Å². The molecule has 1 amide bonds. The van der Waals surface area contributed by atoms with E-state index in [1.165, 1.54) is 12.1 Å². The van der Waals surface area contributed by atoms with Crippen molar-refractivity contribution in [2.24, 2.45) is 0 Å². The number of anilines is 2. The van der Waals surface area contributed by atoms with E-state index in [-0.39, 0.29) is 17.5 Å². The molecule has 9 heteroatoms. The molecule has 2 N–H and O–H groups in total. The molecule has 33 heavy (non-hydrogen) atoms. The lowest BCUT2D eigenvalue weighted by molar-refractivity contribution is -0.128. The summed E-state index contributed by atoms with van der Waals surface area (Å²) in [5.41, 5.74) is 3.88. The van der Waals surface area contributed by atoms with Crippen molar-refractivity contribution in [1.29, 1.82) is 0 Å². The Kier molecular flexibility index (Phi) is 6.42. The zero-order valence-corrected chi connectivity index (χ0v) is 18.8. The highest BCUT2D eigenvalue weighted by molar-refractivity contribution is 5.82. The highest BCUT2D eigenvalue weighted by atomic mass is 19.3. The number of carbonyl (C=O) groups is 1. The third-order valence-corrected chi connectivity index (χ3v) is 6.23. The second-order valence-electron chi connectivity index (χ2n) is 8.36. The Bertz CT molecular complexity index is 1120. The maximum atomic E-state index is 13.1. The van der Waals surface area contributed by atoms with Gasteiger partial charge in [-0.3, -0.25) is 4.79 Å². The molecule has 0 bridgehead atoms. The van der Waals surface area contributed by atoms with Crippen LogP contribution in [0.4, 0.5) is 20.3 Å². The summed E-state index contributed by atoms with van der Waals surface area (Å²) >= 11 is 0. The monoisotopic (exact) mass is 455 g/mol. The molecule has 3 heterocycles. The first kappa shape index (κ1) is 22.8. The van der Waals surface area contributed by atoms with Gasteiger partial charge in [0, 0.05) is 43.8 Å². The fraction of sp³-hybridized carbons (Fsp3) is 0.375. The molecule has 1 unspecified atom stereocenters. The van der Waals surface area contributed by atoms with Crippen molar-refractivity contribution in [2.75, 3.05) is 30.4 Å². The van der Waals surface area contributed by atoms with Gasteiger partial charge < -0.3 is 20.2 Å². The lowest BCUT2D eigenvalue weighted by atomic mass is 9.92. The fourth-order valence-corrected chi connectivity index (χ4v) is 4.21. The van der Waals surface area contributed by atoms with Crippen molar-refractivity contribution in [3.8, 4) is 0 Å². The zero-order chi connectivity index (χ0) is 23.7. The van der Waals surface area contributed by atoms with Crippen molar-refractivity contribution in [1.82, 2.24) is 15.1 Å². The van der Waals surface area contributed by atoms with Gasteiger partial charge >= 0.3 is 0 Å². The highest BCUT2D eigenvalue weighted by Crippen LogP contribution is 2.38. The molecule has 0 saturated heterocycles. The van der Waals surface area contributed by atoms with E-state index in [0.29, 0.717) is 36.6 Å². The largest absolute Gasteiger partial charge is 0.369 e. The smallest absolute Gasteiger partial charge is 0.263 e. The first-order chi connectivity index (χ1) is 15.8. The van der Waals surface area contributed by atoms with Gasteiger partial charge in [-0.2, -0.15) is 5.10 Å². The molecule has 0 aliphatic carbocycles. The molecule has 174 valence electrons. The molecule has 2 atom stereocenters. The topological polar surface area (TPSA) is 81.6 Å². The highest BCUT2D eigenvalue weighted by Gasteiger charge is 2.30. The zero-order valence-electron chi connectivity index (χ0n) is 18.8. The Hall–Kier alpha value is -3.33. The third kappa shape index (κ3) is 4.59. The number of hydrogen-bond donors (Lipinski definition) is 2. The van der Waals surface area contributed by atoms with E-state index in [1.807, 2.05) is 19.1 Å². The number of amides is 1. The summed E-state index contributed by atoms with van der Waals surface area (Å²) in [6, 6.07) is 5.99. The maximum Gasteiger partial charge on any atom is 0.263 e. The van der Waals surface area contributed by atoms with E-state index < -0.39 is 12.7 Å². The number of hydrogen-bond acceptors (Lipinski definition) is 6. The standard InChI is InChI=1S/C24H27F2N5O2/c1-14(17-5-4-6-18(11-17)22(25)26)28-23-20-12-19(16-7-9-31(10-8-16)15(2)32)24(33)30(3)21(20)13-27-29-23/h4-7,11-14,22,24,33H,8-10H2,1-3H3,(H,28,29)/t14-,24?/m1/s1. The van der Waals surface area contributed by atoms with Gasteiger partial charge in [-0.25, -0.2) is 8.78 Å². The van der Waals surface area contributed by atoms with Crippen molar-refractivity contribution in [3.05, 3.63) is 64.4 Å². The van der Waals surface area contributed by atoms with Crippen LogP contribution >= 0.6 is 0 Å². The summed E-state index contributed by atoms with van der Waals surface area (Å²) in [6.07, 6.45) is 2.71. The van der Waals surface area contributed by atoms with Crippen LogP contribution in [0.15, 0.2) is 47.7 Å². The quantitative estimate of drug-likeness (QED) is 0.711. The number of aliphatic hydroxyl groups is 1. The Morgan fingerprint density at radius 3 is 2.73 bits per heavy atom. The summed E-state index contributed by atoms with van der Waals surface area (Å²) in [7, 11) is 1.78. The lowest BCUT2D eigenvalue weighted by Crippen LogP contribution is -2.39. The van der Waals surface area contributed by atoms with Crippen LogP contribution in [0.25, 0.3) is 6.08 Å². The van der Waals surface area contributed by atoms with E-state index in [2.05, 4.69) is 15.5 Å². The van der Waals surface area contributed by atoms with Crippen LogP contribution in [-0.2, 0) is 4.79 Å². The van der Waals surface area contributed by atoms with E-state index in [4.69, 9.17) is 0 Å². The molecule has 0 spiro atoms. The average Bonchev–Trinajstić information content (AvgIpc) is 2.81. The molecule has 0 radical (unpaired) electrons. The van der Waals surface area contributed by atoms with Crippen LogP contribution in [0.5, 0.6) is 0 Å². The predicted molar refractivity (Wildman–Crippen MR) is 123 cm³/mol. The number of likely N-dealkylation sites (N-methyl/N-ethyl adjacent to an activating group) is 1. The number of halogens is 2. The van der Waals surface area contributed by atoms with Crippen LogP contribution in [0.1, 0.15) is 49.4 Å². The normalized spacial score (nSPS) is 19.1. The number of nitrogens with one attached hydrogen (secondary N) is 1. The van der Waals surface area contributed by atoms with Gasteiger partial charge in [0.2, 0.25) is 5.91 Å². The molecule has 2 aromatic rings. The van der Waals surface area contributed by atoms with Gasteiger partial charge in [0.05, 0.1) is 17.9 Å². The third-order valence-electron chi connectivity index (χ3n) is 6.23. The Morgan fingerprint density at radius 2 is 2.06 bits per heavy atom. The molecule has 4 rings (SSSR count). The van der Waals surface area contributed by atoms with Gasteiger partial charge in [0.1, 0.15) is 0 Å². The Morgan fingerprint density at radius 1 is 1.30 bits per heavy atom. The minimum Gasteiger partial charge on any atom is -0.369 e. The van der Waals surface area contributed by atoms with Crippen LogP contribution in [0, 0.1) is 0 Å². The molecular weight excluding hydrogens is 428 g/mol. The molecular formula is C24H27F2N5O2. The van der Waals surface area contributed by atoms with Gasteiger partial charge in [-0.15, -0.1) is 5.10 Å². The molecule has 1 aromatic heterocycles. The minimum atomic E-state index is -2.54. The summed E-state index contributed by atoms with van der Waals surface area (Å²) in [5.74, 6) is 0.526. The number of carbonyl (C=O) groups excluding carboxylic acids is 1. The van der Waals surface area contributed by atoms with Gasteiger partial charge in [0.15, 0.2) is 12.0 Å². The van der Waals surface area contributed by atoms with E-state index in [1.54, 1.807) is 42.1 Å². The first-order valence-corrected chi connectivity index (χ1v) is 10.8. The first-order valence-electron chi connectivity index (χ1n) is 10.8.